The lowest BCUT2D eigenvalue weighted by Crippen LogP contribution is -1.95. The van der Waals surface area contributed by atoms with Gasteiger partial charge >= 0.3 is 0 Å². The van der Waals surface area contributed by atoms with Crippen LogP contribution in [-0.2, 0) is 0 Å². The second kappa shape index (κ2) is 5.10. The monoisotopic (exact) mass is 284 g/mol. The zero-order valence-electron chi connectivity index (χ0n) is 11.2. The minimum absolute atomic E-state index is 0.383. The minimum Gasteiger partial charge on any atom is -0.437 e. The average molecular weight is 285 g/mol. The summed E-state index contributed by atoms with van der Waals surface area (Å²) >= 11 is 6.06. The Hall–Kier alpha value is -2.13. The van der Waals surface area contributed by atoms with Gasteiger partial charge in [-0.05, 0) is 37.1 Å². The molecule has 1 heterocycles. The average Bonchev–Trinajstić information content (AvgIpc) is 2.47. The summed E-state index contributed by atoms with van der Waals surface area (Å²) in [5, 5.41) is 10.1. The number of fused-ring (bicyclic) bond motifs is 1. The Labute approximate surface area is 122 Å². The van der Waals surface area contributed by atoms with Crippen LogP contribution in [-0.4, -0.2) is 10.2 Å². The number of aromatic nitrogens is 2. The summed E-state index contributed by atoms with van der Waals surface area (Å²) in [5.74, 6) is 1.26. The number of hydrogen-bond donors (Lipinski definition) is 0. The molecule has 0 N–H and O–H groups in total. The molecular formula is C16H13ClN2O. The van der Waals surface area contributed by atoms with E-state index in [1.165, 1.54) is 5.56 Å². The summed E-state index contributed by atoms with van der Waals surface area (Å²) in [6.45, 7) is 4.07. The van der Waals surface area contributed by atoms with Crippen molar-refractivity contribution in [2.75, 3.05) is 0 Å². The maximum Gasteiger partial charge on any atom is 0.246 e. The van der Waals surface area contributed by atoms with Gasteiger partial charge in [-0.25, -0.2) is 0 Å². The topological polar surface area (TPSA) is 35.0 Å². The maximum absolute atomic E-state index is 6.06. The fourth-order valence-electron chi connectivity index (χ4n) is 2.06. The zero-order chi connectivity index (χ0) is 14.1. The van der Waals surface area contributed by atoms with Crippen LogP contribution in [0.5, 0.6) is 11.6 Å². The summed E-state index contributed by atoms with van der Waals surface area (Å²) in [7, 11) is 0. The van der Waals surface area contributed by atoms with Crippen molar-refractivity contribution in [3.05, 3.63) is 58.7 Å². The molecule has 0 aliphatic heterocycles. The molecule has 3 rings (SSSR count). The third-order valence-corrected chi connectivity index (χ3v) is 3.65. The van der Waals surface area contributed by atoms with Crippen molar-refractivity contribution >= 4 is 22.4 Å². The van der Waals surface area contributed by atoms with E-state index >= 15 is 0 Å². The van der Waals surface area contributed by atoms with Gasteiger partial charge in [0, 0.05) is 10.8 Å². The Balaban J connectivity index is 2.12. The third-order valence-electron chi connectivity index (χ3n) is 3.37. The van der Waals surface area contributed by atoms with E-state index in [1.54, 1.807) is 0 Å². The highest BCUT2D eigenvalue weighted by Crippen LogP contribution is 2.32. The van der Waals surface area contributed by atoms with Crippen LogP contribution in [0.1, 0.15) is 11.1 Å². The van der Waals surface area contributed by atoms with E-state index < -0.39 is 0 Å². The molecule has 0 saturated carbocycles. The van der Waals surface area contributed by atoms with Crippen molar-refractivity contribution in [1.82, 2.24) is 10.2 Å². The first kappa shape index (κ1) is 12.9. The van der Waals surface area contributed by atoms with Crippen molar-refractivity contribution in [3.8, 4) is 11.6 Å². The highest BCUT2D eigenvalue weighted by Gasteiger charge is 2.11. The molecule has 0 fully saturated rings. The molecule has 1 aromatic heterocycles. The van der Waals surface area contributed by atoms with Crippen LogP contribution in [0.15, 0.2) is 42.5 Å². The molecule has 4 heteroatoms. The van der Waals surface area contributed by atoms with Crippen LogP contribution in [0.3, 0.4) is 0 Å². The number of aryl methyl sites for hydroxylation is 1. The molecule has 0 aliphatic rings. The van der Waals surface area contributed by atoms with Crippen LogP contribution in [0.2, 0.25) is 5.15 Å². The second-order valence-corrected chi connectivity index (χ2v) is 5.00. The Morgan fingerprint density at radius 2 is 1.65 bits per heavy atom. The smallest absolute Gasteiger partial charge is 0.246 e. The molecule has 0 saturated heterocycles. The van der Waals surface area contributed by atoms with E-state index in [2.05, 4.69) is 10.2 Å². The molecular weight excluding hydrogens is 272 g/mol. The predicted molar refractivity (Wildman–Crippen MR) is 80.5 cm³/mol. The number of halogens is 1. The molecule has 2 aromatic carbocycles. The summed E-state index contributed by atoms with van der Waals surface area (Å²) < 4.78 is 5.93. The van der Waals surface area contributed by atoms with E-state index in [0.29, 0.717) is 11.0 Å². The van der Waals surface area contributed by atoms with Crippen molar-refractivity contribution < 1.29 is 4.74 Å². The Morgan fingerprint density at radius 1 is 0.900 bits per heavy atom. The molecule has 100 valence electrons. The van der Waals surface area contributed by atoms with Crippen LogP contribution in [0.25, 0.3) is 10.8 Å². The first-order valence-corrected chi connectivity index (χ1v) is 6.69. The molecule has 0 bridgehead atoms. The van der Waals surface area contributed by atoms with Crippen LogP contribution in [0, 0.1) is 13.8 Å². The van der Waals surface area contributed by atoms with Gasteiger partial charge in [0.15, 0.2) is 5.15 Å². The molecule has 0 aliphatic carbocycles. The quantitative estimate of drug-likeness (QED) is 0.684. The Morgan fingerprint density at radius 3 is 2.45 bits per heavy atom. The van der Waals surface area contributed by atoms with Gasteiger partial charge in [0.25, 0.3) is 0 Å². The normalized spacial score (nSPS) is 10.8. The van der Waals surface area contributed by atoms with Crippen molar-refractivity contribution in [2.24, 2.45) is 0 Å². The van der Waals surface area contributed by atoms with E-state index in [0.717, 1.165) is 22.1 Å². The zero-order valence-corrected chi connectivity index (χ0v) is 12.0. The number of rotatable bonds is 2. The molecule has 20 heavy (non-hydrogen) atoms. The number of ether oxygens (including phenoxy) is 1. The lowest BCUT2D eigenvalue weighted by atomic mass is 10.1. The van der Waals surface area contributed by atoms with E-state index in [9.17, 15) is 0 Å². The molecule has 3 nitrogen and oxygen atoms in total. The molecule has 0 atom stereocenters. The highest BCUT2D eigenvalue weighted by atomic mass is 35.5. The van der Waals surface area contributed by atoms with Gasteiger partial charge in [0.05, 0.1) is 0 Å². The standard InChI is InChI=1S/C16H13ClN2O/c1-10-6-5-9-14(11(10)2)20-16-13-8-4-3-7-12(13)15(17)18-19-16/h3-9H,1-2H3. The van der Waals surface area contributed by atoms with Crippen molar-refractivity contribution in [3.63, 3.8) is 0 Å². The molecule has 0 amide bonds. The molecule has 3 aromatic rings. The van der Waals surface area contributed by atoms with E-state index in [4.69, 9.17) is 16.3 Å². The first-order valence-electron chi connectivity index (χ1n) is 6.32. The largest absolute Gasteiger partial charge is 0.437 e. The fraction of sp³-hybridized carbons (Fsp3) is 0.125. The number of benzene rings is 2. The predicted octanol–water partition coefficient (Wildman–Crippen LogP) is 4.69. The summed E-state index contributed by atoms with van der Waals surface area (Å²) in [6, 6.07) is 13.6. The maximum atomic E-state index is 6.06. The van der Waals surface area contributed by atoms with Gasteiger partial charge in [-0.1, -0.05) is 41.9 Å². The van der Waals surface area contributed by atoms with Crippen LogP contribution >= 0.6 is 11.6 Å². The first-order chi connectivity index (χ1) is 9.66. The highest BCUT2D eigenvalue weighted by molar-refractivity contribution is 6.34. The Kier molecular flexibility index (Phi) is 3.28. The third kappa shape index (κ3) is 2.21. The van der Waals surface area contributed by atoms with E-state index in [1.807, 2.05) is 56.3 Å². The van der Waals surface area contributed by atoms with Crippen LogP contribution < -0.4 is 4.74 Å². The molecule has 0 radical (unpaired) electrons. The SMILES string of the molecule is Cc1cccc(Oc2nnc(Cl)c3ccccc23)c1C. The number of nitrogens with zero attached hydrogens (tertiary/aromatic N) is 2. The van der Waals surface area contributed by atoms with Gasteiger partial charge in [0.2, 0.25) is 5.88 Å². The summed E-state index contributed by atoms with van der Waals surface area (Å²) in [6.07, 6.45) is 0. The van der Waals surface area contributed by atoms with Gasteiger partial charge in [-0.2, -0.15) is 0 Å². The van der Waals surface area contributed by atoms with E-state index in [-0.39, 0.29) is 0 Å². The lowest BCUT2D eigenvalue weighted by Gasteiger charge is -2.11. The van der Waals surface area contributed by atoms with Gasteiger partial charge in [-0.3, -0.25) is 0 Å². The van der Waals surface area contributed by atoms with Gasteiger partial charge in [0.1, 0.15) is 5.75 Å². The summed E-state index contributed by atoms with van der Waals surface area (Å²) in [5.41, 5.74) is 2.27. The van der Waals surface area contributed by atoms with Gasteiger partial charge < -0.3 is 4.74 Å². The summed E-state index contributed by atoms with van der Waals surface area (Å²) in [4.78, 5) is 0. The molecule has 0 unspecified atom stereocenters. The van der Waals surface area contributed by atoms with Crippen LogP contribution in [0.4, 0.5) is 0 Å². The Bertz CT molecular complexity index is 787. The molecule has 0 spiro atoms. The number of hydrogen-bond acceptors (Lipinski definition) is 3. The van der Waals surface area contributed by atoms with Gasteiger partial charge in [-0.15, -0.1) is 10.2 Å². The van der Waals surface area contributed by atoms with Crippen molar-refractivity contribution in [2.45, 2.75) is 13.8 Å². The minimum atomic E-state index is 0.383. The van der Waals surface area contributed by atoms with Crippen molar-refractivity contribution in [1.29, 1.82) is 0 Å². The fourth-order valence-corrected chi connectivity index (χ4v) is 2.26. The second-order valence-electron chi connectivity index (χ2n) is 4.64. The lowest BCUT2D eigenvalue weighted by molar-refractivity contribution is 0.458.